The van der Waals surface area contributed by atoms with Crippen LogP contribution in [0.2, 0.25) is 0 Å². The van der Waals surface area contributed by atoms with E-state index in [-0.39, 0.29) is 11.8 Å². The highest BCUT2D eigenvalue weighted by Gasteiger charge is 2.35. The predicted molar refractivity (Wildman–Crippen MR) is 76.0 cm³/mol. The van der Waals surface area contributed by atoms with Crippen molar-refractivity contribution < 1.29 is 19.0 Å². The number of hydrogen-bond donors (Lipinski definition) is 1. The minimum absolute atomic E-state index is 0.147. The van der Waals surface area contributed by atoms with E-state index < -0.39 is 0 Å². The lowest BCUT2D eigenvalue weighted by molar-refractivity contribution is 0.0930. The minimum Gasteiger partial charge on any atom is -0.496 e. The van der Waals surface area contributed by atoms with Crippen molar-refractivity contribution in [3.63, 3.8) is 0 Å². The zero-order valence-corrected chi connectivity index (χ0v) is 12.6. The number of rotatable bonds is 4. The summed E-state index contributed by atoms with van der Waals surface area (Å²) in [6, 6.07) is 1.78. The van der Waals surface area contributed by atoms with Gasteiger partial charge in [-0.05, 0) is 5.92 Å². The van der Waals surface area contributed by atoms with Crippen molar-refractivity contribution in [3.05, 3.63) is 17.2 Å². The molecule has 5 heteroatoms. The molecule has 0 bridgehead atoms. The van der Waals surface area contributed by atoms with Gasteiger partial charge in [0.05, 0.1) is 26.9 Å². The predicted octanol–water partition coefficient (Wildman–Crippen LogP) is 2.20. The quantitative estimate of drug-likeness (QED) is 0.918. The number of carbonyl (C=O) groups excluding carboxylic acids is 1. The van der Waals surface area contributed by atoms with Gasteiger partial charge in [-0.2, -0.15) is 0 Å². The van der Waals surface area contributed by atoms with Crippen molar-refractivity contribution in [1.82, 2.24) is 5.32 Å². The Kier molecular flexibility index (Phi) is 4.06. The summed E-state index contributed by atoms with van der Waals surface area (Å²) in [5, 5.41) is 2.92. The molecule has 0 fully saturated rings. The van der Waals surface area contributed by atoms with Crippen LogP contribution in [0.3, 0.4) is 0 Å². The lowest BCUT2D eigenvalue weighted by Crippen LogP contribution is -2.37. The fraction of sp³-hybridized carbons (Fsp3) is 0.533. The third kappa shape index (κ3) is 2.17. The summed E-state index contributed by atoms with van der Waals surface area (Å²) in [5.74, 6) is 2.06. The van der Waals surface area contributed by atoms with Gasteiger partial charge in [0.25, 0.3) is 5.91 Å². The van der Waals surface area contributed by atoms with Gasteiger partial charge in [0.15, 0.2) is 11.5 Å². The minimum atomic E-state index is -0.147. The van der Waals surface area contributed by atoms with Crippen molar-refractivity contribution >= 4 is 5.91 Å². The van der Waals surface area contributed by atoms with Crippen LogP contribution in [0.25, 0.3) is 0 Å². The van der Waals surface area contributed by atoms with Crippen LogP contribution in [-0.2, 0) is 0 Å². The number of fused-ring (bicyclic) bond motifs is 1. The lowest BCUT2D eigenvalue weighted by Gasteiger charge is -2.31. The van der Waals surface area contributed by atoms with Gasteiger partial charge in [-0.3, -0.25) is 4.79 Å². The molecule has 0 spiro atoms. The summed E-state index contributed by atoms with van der Waals surface area (Å²) < 4.78 is 16.2. The number of benzene rings is 1. The first-order chi connectivity index (χ1) is 9.54. The van der Waals surface area contributed by atoms with E-state index in [1.165, 1.54) is 7.11 Å². The Balaban J connectivity index is 2.76. The largest absolute Gasteiger partial charge is 0.496 e. The monoisotopic (exact) mass is 279 g/mol. The van der Waals surface area contributed by atoms with Crippen molar-refractivity contribution in [1.29, 1.82) is 0 Å². The molecule has 110 valence electrons. The number of methoxy groups -OCH3 is 3. The standard InChI is InChI=1S/C15H21NO4/c1-8(2)9-7-16-15(17)13-12(9)10(18-3)6-11(19-4)14(13)20-5/h6,8-9H,7H2,1-5H3,(H,16,17). The summed E-state index contributed by atoms with van der Waals surface area (Å²) in [7, 11) is 4.69. The smallest absolute Gasteiger partial charge is 0.255 e. The number of amides is 1. The van der Waals surface area contributed by atoms with E-state index in [9.17, 15) is 4.79 Å². The highest BCUT2D eigenvalue weighted by Crippen LogP contribution is 2.45. The maximum absolute atomic E-state index is 12.3. The van der Waals surface area contributed by atoms with E-state index in [4.69, 9.17) is 14.2 Å². The Morgan fingerprint density at radius 1 is 1.15 bits per heavy atom. The molecule has 1 aromatic carbocycles. The molecule has 1 amide bonds. The number of nitrogens with one attached hydrogen (secondary N) is 1. The Labute approximate surface area is 119 Å². The molecular formula is C15H21NO4. The van der Waals surface area contributed by atoms with Crippen LogP contribution in [0.15, 0.2) is 6.07 Å². The molecule has 2 rings (SSSR count). The molecular weight excluding hydrogens is 258 g/mol. The van der Waals surface area contributed by atoms with E-state index >= 15 is 0 Å². The van der Waals surface area contributed by atoms with Gasteiger partial charge in [-0.1, -0.05) is 13.8 Å². The van der Waals surface area contributed by atoms with Crippen LogP contribution < -0.4 is 19.5 Å². The van der Waals surface area contributed by atoms with E-state index in [1.54, 1.807) is 20.3 Å². The van der Waals surface area contributed by atoms with Gasteiger partial charge < -0.3 is 19.5 Å². The molecule has 1 aromatic rings. The topological polar surface area (TPSA) is 56.8 Å². The Bertz CT molecular complexity index is 525. The normalized spacial score (nSPS) is 17.5. The maximum atomic E-state index is 12.3. The van der Waals surface area contributed by atoms with Crippen LogP contribution in [-0.4, -0.2) is 33.8 Å². The average Bonchev–Trinajstić information content (AvgIpc) is 2.45. The van der Waals surface area contributed by atoms with Crippen LogP contribution in [0, 0.1) is 5.92 Å². The molecule has 1 aliphatic heterocycles. The first-order valence-electron chi connectivity index (χ1n) is 6.66. The molecule has 0 aliphatic carbocycles. The second kappa shape index (κ2) is 5.61. The maximum Gasteiger partial charge on any atom is 0.255 e. The Morgan fingerprint density at radius 3 is 2.30 bits per heavy atom. The van der Waals surface area contributed by atoms with Crippen molar-refractivity contribution in [2.45, 2.75) is 19.8 Å². The molecule has 1 N–H and O–H groups in total. The summed E-state index contributed by atoms with van der Waals surface area (Å²) >= 11 is 0. The average molecular weight is 279 g/mol. The van der Waals surface area contributed by atoms with Gasteiger partial charge in [0.2, 0.25) is 0 Å². The first kappa shape index (κ1) is 14.5. The van der Waals surface area contributed by atoms with Crippen molar-refractivity contribution in [2.75, 3.05) is 27.9 Å². The summed E-state index contributed by atoms with van der Waals surface area (Å²) in [6.07, 6.45) is 0. The number of hydrogen-bond acceptors (Lipinski definition) is 4. The fourth-order valence-electron chi connectivity index (χ4n) is 2.71. The number of ether oxygens (including phenoxy) is 3. The van der Waals surface area contributed by atoms with Gasteiger partial charge >= 0.3 is 0 Å². The number of carbonyl (C=O) groups is 1. The van der Waals surface area contributed by atoms with E-state index in [2.05, 4.69) is 19.2 Å². The van der Waals surface area contributed by atoms with Gasteiger partial charge in [-0.25, -0.2) is 0 Å². The highest BCUT2D eigenvalue weighted by molar-refractivity contribution is 6.01. The van der Waals surface area contributed by atoms with Gasteiger partial charge in [-0.15, -0.1) is 0 Å². The third-order valence-corrected chi connectivity index (χ3v) is 3.78. The molecule has 1 aliphatic rings. The summed E-state index contributed by atoms with van der Waals surface area (Å²) in [5.41, 5.74) is 1.43. The molecule has 0 radical (unpaired) electrons. The summed E-state index contributed by atoms with van der Waals surface area (Å²) in [4.78, 5) is 12.3. The van der Waals surface area contributed by atoms with Gasteiger partial charge in [0.1, 0.15) is 5.75 Å². The molecule has 1 heterocycles. The van der Waals surface area contributed by atoms with E-state index in [1.807, 2.05) is 0 Å². The van der Waals surface area contributed by atoms with Gasteiger partial charge in [0, 0.05) is 24.1 Å². The molecule has 0 aromatic heterocycles. The second-order valence-electron chi connectivity index (χ2n) is 5.16. The molecule has 20 heavy (non-hydrogen) atoms. The summed E-state index contributed by atoms with van der Waals surface area (Å²) in [6.45, 7) is 4.86. The first-order valence-corrected chi connectivity index (χ1v) is 6.66. The van der Waals surface area contributed by atoms with Crippen LogP contribution in [0.4, 0.5) is 0 Å². The molecule has 1 atom stereocenters. The molecule has 1 unspecified atom stereocenters. The van der Waals surface area contributed by atoms with Crippen LogP contribution >= 0.6 is 0 Å². The Morgan fingerprint density at radius 2 is 1.80 bits per heavy atom. The molecule has 0 saturated carbocycles. The third-order valence-electron chi connectivity index (χ3n) is 3.78. The van der Waals surface area contributed by atoms with Crippen molar-refractivity contribution in [3.8, 4) is 17.2 Å². The van der Waals surface area contributed by atoms with Crippen molar-refractivity contribution in [2.24, 2.45) is 5.92 Å². The van der Waals surface area contributed by atoms with E-state index in [0.717, 1.165) is 5.56 Å². The zero-order valence-electron chi connectivity index (χ0n) is 12.6. The van der Waals surface area contributed by atoms with E-state index in [0.29, 0.717) is 35.3 Å². The Hall–Kier alpha value is -1.91. The fourth-order valence-corrected chi connectivity index (χ4v) is 2.71. The molecule has 5 nitrogen and oxygen atoms in total. The zero-order chi connectivity index (χ0) is 14.9. The molecule has 0 saturated heterocycles. The second-order valence-corrected chi connectivity index (χ2v) is 5.16. The van der Waals surface area contributed by atoms with Crippen LogP contribution in [0.5, 0.6) is 17.2 Å². The lowest BCUT2D eigenvalue weighted by atomic mass is 9.81. The van der Waals surface area contributed by atoms with Crippen LogP contribution in [0.1, 0.15) is 35.7 Å². The SMILES string of the molecule is COc1cc(OC)c2c(c1OC)C(=O)NCC2C(C)C. The highest BCUT2D eigenvalue weighted by atomic mass is 16.5.